The summed E-state index contributed by atoms with van der Waals surface area (Å²) in [5.41, 5.74) is 6.12. The Balaban J connectivity index is 2.26. The molecule has 1 aromatic rings. The number of alkyl halides is 2. The Morgan fingerprint density at radius 2 is 2.22 bits per heavy atom. The lowest BCUT2D eigenvalue weighted by Crippen LogP contribution is -2.46. The van der Waals surface area contributed by atoms with E-state index in [-0.39, 0.29) is 48.6 Å². The van der Waals surface area contributed by atoms with E-state index in [9.17, 15) is 18.4 Å². The number of rotatable bonds is 8. The minimum atomic E-state index is -3.08. The quantitative estimate of drug-likeness (QED) is 0.688. The van der Waals surface area contributed by atoms with Crippen LogP contribution in [0.15, 0.2) is 18.2 Å². The smallest absolute Gasteiger partial charge is 0.387 e. The number of nitrogens with two attached hydrogens (primary N) is 1. The van der Waals surface area contributed by atoms with Crippen LogP contribution in [0.25, 0.3) is 0 Å². The highest BCUT2D eigenvalue weighted by molar-refractivity contribution is 5.98. The van der Waals surface area contributed by atoms with E-state index in [1.807, 2.05) is 6.92 Å². The van der Waals surface area contributed by atoms with E-state index in [1.54, 1.807) is 11.9 Å². The summed E-state index contributed by atoms with van der Waals surface area (Å²) in [5.74, 6) is -0.920. The number of halogens is 2. The molecule has 3 N–H and O–H groups in total. The molecule has 0 bridgehead atoms. The van der Waals surface area contributed by atoms with Crippen molar-refractivity contribution >= 4 is 23.2 Å². The first-order valence-electron chi connectivity index (χ1n) is 8.55. The van der Waals surface area contributed by atoms with Crippen LogP contribution in [0.3, 0.4) is 0 Å². The summed E-state index contributed by atoms with van der Waals surface area (Å²) >= 11 is 0. The van der Waals surface area contributed by atoms with Gasteiger partial charge in [0.15, 0.2) is 5.75 Å². The molecule has 1 fully saturated rings. The largest absolute Gasteiger partial charge is 0.433 e. The number of morpholine rings is 1. The summed E-state index contributed by atoms with van der Waals surface area (Å²) in [4.78, 5) is 27.5. The van der Waals surface area contributed by atoms with Crippen molar-refractivity contribution in [2.45, 2.75) is 19.6 Å². The number of likely N-dealkylation sites (N-methyl/N-ethyl adjacent to an activating group) is 1. The third-order valence-electron chi connectivity index (χ3n) is 4.28. The molecule has 0 aromatic heterocycles. The van der Waals surface area contributed by atoms with Gasteiger partial charge in [-0.1, -0.05) is 6.92 Å². The first-order valence-corrected chi connectivity index (χ1v) is 8.55. The lowest BCUT2D eigenvalue weighted by Gasteiger charge is -2.29. The molecule has 0 radical (unpaired) electrons. The Hall–Kier alpha value is -2.30. The molecule has 8 nitrogen and oxygen atoms in total. The van der Waals surface area contributed by atoms with Crippen LogP contribution in [0, 0.1) is 0 Å². The molecule has 1 aromatic carbocycles. The summed E-state index contributed by atoms with van der Waals surface area (Å²) in [6, 6.07) is 3.68. The molecule has 1 atom stereocenters. The number of carbonyl (C=O) groups excluding carboxylic acids is 2. The van der Waals surface area contributed by atoms with Crippen molar-refractivity contribution in [3.05, 3.63) is 18.2 Å². The standard InChI is InChI=1S/C17H24F2N4O4/c1-3-22(2)13(9-20)16(25)21-11-4-5-12(14(8-11)27-17(18)19)23-6-7-26-10-15(23)24/h4-5,8,13,17H,3,6-7,9-10,20H2,1-2H3,(H,21,25)/t13-/m0/s1. The van der Waals surface area contributed by atoms with Crippen molar-refractivity contribution in [3.63, 3.8) is 0 Å². The molecule has 1 saturated heterocycles. The molecule has 0 saturated carbocycles. The fourth-order valence-electron chi connectivity index (χ4n) is 2.71. The van der Waals surface area contributed by atoms with Gasteiger partial charge in [0.2, 0.25) is 5.91 Å². The predicted octanol–water partition coefficient (Wildman–Crippen LogP) is 0.869. The van der Waals surface area contributed by atoms with Gasteiger partial charge in [0, 0.05) is 24.8 Å². The van der Waals surface area contributed by atoms with Crippen LogP contribution in [0.2, 0.25) is 0 Å². The number of nitrogens with zero attached hydrogens (tertiary/aromatic N) is 2. The molecule has 0 aliphatic carbocycles. The van der Waals surface area contributed by atoms with E-state index in [0.29, 0.717) is 13.2 Å². The van der Waals surface area contributed by atoms with Crippen molar-refractivity contribution in [2.75, 3.05) is 50.1 Å². The first-order chi connectivity index (χ1) is 12.9. The maximum atomic E-state index is 12.8. The highest BCUT2D eigenvalue weighted by Crippen LogP contribution is 2.33. The Morgan fingerprint density at radius 3 is 2.81 bits per heavy atom. The Kier molecular flexibility index (Phi) is 7.45. The minimum Gasteiger partial charge on any atom is -0.433 e. The molecular formula is C17H24F2N4O4. The van der Waals surface area contributed by atoms with Crippen molar-refractivity contribution in [3.8, 4) is 5.75 Å². The predicted molar refractivity (Wildman–Crippen MR) is 96.0 cm³/mol. The zero-order valence-corrected chi connectivity index (χ0v) is 15.3. The number of carbonyl (C=O) groups is 2. The van der Waals surface area contributed by atoms with Crippen LogP contribution >= 0.6 is 0 Å². The van der Waals surface area contributed by atoms with Gasteiger partial charge in [-0.25, -0.2) is 0 Å². The van der Waals surface area contributed by atoms with Crippen molar-refractivity contribution < 1.29 is 27.8 Å². The molecular weight excluding hydrogens is 362 g/mol. The first kappa shape index (κ1) is 21.0. The number of nitrogens with one attached hydrogen (secondary N) is 1. The Bertz CT molecular complexity index is 674. The summed E-state index contributed by atoms with van der Waals surface area (Å²) in [5, 5.41) is 2.65. The van der Waals surface area contributed by atoms with Gasteiger partial charge in [0.05, 0.1) is 12.3 Å². The van der Waals surface area contributed by atoms with Crippen molar-refractivity contribution in [1.82, 2.24) is 4.90 Å². The molecule has 2 amide bonds. The summed E-state index contributed by atoms with van der Waals surface area (Å²) in [7, 11) is 1.76. The van der Waals surface area contributed by atoms with Crippen LogP contribution in [0.1, 0.15) is 6.92 Å². The summed E-state index contributed by atoms with van der Waals surface area (Å²) in [6.07, 6.45) is 0. The SMILES string of the molecule is CCN(C)[C@@H](CN)C(=O)Nc1ccc(N2CCOCC2=O)c(OC(F)F)c1. The lowest BCUT2D eigenvalue weighted by molar-refractivity contribution is -0.126. The topological polar surface area (TPSA) is 97.1 Å². The summed E-state index contributed by atoms with van der Waals surface area (Å²) in [6.45, 7) is -0.0777. The van der Waals surface area contributed by atoms with Crippen LogP contribution in [-0.2, 0) is 14.3 Å². The fourth-order valence-corrected chi connectivity index (χ4v) is 2.71. The third kappa shape index (κ3) is 5.34. The molecule has 1 aliphatic rings. The second-order valence-corrected chi connectivity index (χ2v) is 5.97. The zero-order chi connectivity index (χ0) is 20.0. The summed E-state index contributed by atoms with van der Waals surface area (Å²) < 4.78 is 35.3. The molecule has 0 spiro atoms. The minimum absolute atomic E-state index is 0.108. The monoisotopic (exact) mass is 386 g/mol. The average Bonchev–Trinajstić information content (AvgIpc) is 2.62. The van der Waals surface area contributed by atoms with Gasteiger partial charge in [-0.2, -0.15) is 8.78 Å². The van der Waals surface area contributed by atoms with Crippen LogP contribution in [0.5, 0.6) is 5.75 Å². The van der Waals surface area contributed by atoms with Gasteiger partial charge in [-0.15, -0.1) is 0 Å². The molecule has 1 heterocycles. The van der Waals surface area contributed by atoms with Crippen LogP contribution in [0.4, 0.5) is 20.2 Å². The van der Waals surface area contributed by atoms with E-state index < -0.39 is 12.7 Å². The third-order valence-corrected chi connectivity index (χ3v) is 4.28. The van der Waals surface area contributed by atoms with E-state index >= 15 is 0 Å². The van der Waals surface area contributed by atoms with E-state index in [4.69, 9.17) is 10.5 Å². The van der Waals surface area contributed by atoms with Gasteiger partial charge in [0.25, 0.3) is 5.91 Å². The maximum absolute atomic E-state index is 12.8. The molecule has 150 valence electrons. The number of hydrogen-bond acceptors (Lipinski definition) is 6. The molecule has 10 heteroatoms. The number of amides is 2. The highest BCUT2D eigenvalue weighted by atomic mass is 19.3. The van der Waals surface area contributed by atoms with Gasteiger partial charge in [-0.05, 0) is 25.7 Å². The normalized spacial score (nSPS) is 16.0. The molecule has 0 unspecified atom stereocenters. The van der Waals surface area contributed by atoms with Crippen molar-refractivity contribution in [2.24, 2.45) is 5.73 Å². The molecule has 2 rings (SSSR count). The Labute approximate surface area is 156 Å². The zero-order valence-electron chi connectivity index (χ0n) is 15.3. The van der Waals surface area contributed by atoms with E-state index in [0.717, 1.165) is 0 Å². The van der Waals surface area contributed by atoms with Crippen LogP contribution < -0.4 is 20.7 Å². The number of ether oxygens (including phenoxy) is 2. The average molecular weight is 386 g/mol. The van der Waals surface area contributed by atoms with Gasteiger partial charge in [-0.3, -0.25) is 14.5 Å². The van der Waals surface area contributed by atoms with E-state index in [2.05, 4.69) is 10.1 Å². The molecule has 1 aliphatic heterocycles. The molecule has 27 heavy (non-hydrogen) atoms. The lowest BCUT2D eigenvalue weighted by atomic mass is 10.2. The van der Waals surface area contributed by atoms with Crippen LogP contribution in [-0.4, -0.2) is 69.3 Å². The number of hydrogen-bond donors (Lipinski definition) is 2. The highest BCUT2D eigenvalue weighted by Gasteiger charge is 2.26. The maximum Gasteiger partial charge on any atom is 0.387 e. The fraction of sp³-hybridized carbons (Fsp3) is 0.529. The van der Waals surface area contributed by atoms with Gasteiger partial charge < -0.3 is 25.4 Å². The van der Waals surface area contributed by atoms with Gasteiger partial charge >= 0.3 is 6.61 Å². The van der Waals surface area contributed by atoms with Gasteiger partial charge in [0.1, 0.15) is 12.6 Å². The number of benzene rings is 1. The Morgan fingerprint density at radius 1 is 1.48 bits per heavy atom. The van der Waals surface area contributed by atoms with Crippen molar-refractivity contribution in [1.29, 1.82) is 0 Å². The number of anilines is 2. The second-order valence-electron chi connectivity index (χ2n) is 5.97. The second kappa shape index (κ2) is 9.58. The van der Waals surface area contributed by atoms with E-state index in [1.165, 1.54) is 23.1 Å².